The SMILES string of the molecule is [B].[Ca+2].[H-].[H-].[H-].[H-].[Mg+2].[Mn].[Mo].[Zn]. The summed E-state index contributed by atoms with van der Waals surface area (Å²) in [7, 11) is 0. The largest absolute Gasteiger partial charge is 2.00 e. The van der Waals surface area contributed by atoms with E-state index in [2.05, 4.69) is 0 Å². The Morgan fingerprint density at radius 1 is 1.17 bits per heavy atom. The van der Waals surface area contributed by atoms with Gasteiger partial charge in [0.05, 0.1) is 0 Å². The molecule has 0 saturated heterocycles. The van der Waals surface area contributed by atoms with Crippen LogP contribution in [0.4, 0.5) is 0 Å². The molecule has 0 aliphatic heterocycles. The molecule has 0 saturated carbocycles. The van der Waals surface area contributed by atoms with Gasteiger partial charge < -0.3 is 5.71 Å². The minimum atomic E-state index is 0. The molecule has 0 fully saturated rings. The fraction of sp³-hybridized carbons (Fsp3) is 0. The average Bonchev–Trinajstić information content (AvgIpc) is 0. The fourth-order valence-electron chi connectivity index (χ4n) is 0. The Kier molecular flexibility index (Phi) is 312. The molecule has 0 aromatic rings. The van der Waals surface area contributed by atoms with Gasteiger partial charge in [0.2, 0.25) is 0 Å². The quantitative estimate of drug-likeness (QED) is 0.519. The van der Waals surface area contributed by atoms with Gasteiger partial charge in [-0.2, -0.15) is 0 Å². The van der Waals surface area contributed by atoms with E-state index in [0.29, 0.717) is 0 Å². The van der Waals surface area contributed by atoms with E-state index >= 15 is 0 Å². The number of rotatable bonds is 0. The third-order valence-corrected chi connectivity index (χ3v) is 0. The number of hydrogen-bond acceptors (Lipinski definition) is 0. The Labute approximate surface area is 130 Å². The summed E-state index contributed by atoms with van der Waals surface area (Å²) in [6.07, 6.45) is 0. The van der Waals surface area contributed by atoms with Crippen molar-refractivity contribution in [2.75, 3.05) is 0 Å². The topological polar surface area (TPSA) is 0 Å². The first-order valence-electron chi connectivity index (χ1n) is 0. The van der Waals surface area contributed by atoms with Crippen molar-refractivity contribution >= 4 is 69.2 Å². The molecule has 0 amide bonds. The molecule has 0 spiro atoms. The van der Waals surface area contributed by atoms with Gasteiger partial charge >= 0.3 is 60.8 Å². The van der Waals surface area contributed by atoms with Crippen molar-refractivity contribution < 1.29 is 63.3 Å². The Morgan fingerprint density at radius 2 is 1.17 bits per heavy atom. The van der Waals surface area contributed by atoms with Gasteiger partial charge in [-0.15, -0.1) is 0 Å². The molecule has 0 rings (SSSR count). The van der Waals surface area contributed by atoms with Crippen molar-refractivity contribution in [3.8, 4) is 0 Å². The van der Waals surface area contributed by atoms with Crippen molar-refractivity contribution in [3.05, 3.63) is 0 Å². The monoisotopic (exact) mass is 296 g/mol. The predicted octanol–water partition coefficient (Wildman–Crippen LogP) is -0.700. The molecule has 0 nitrogen and oxygen atoms in total. The second kappa shape index (κ2) is 36.4. The Morgan fingerprint density at radius 3 is 1.17 bits per heavy atom. The molecule has 0 aliphatic carbocycles. The third-order valence-electron chi connectivity index (χ3n) is 0. The van der Waals surface area contributed by atoms with Crippen LogP contribution < -0.4 is 0 Å². The summed E-state index contributed by atoms with van der Waals surface area (Å²) < 4.78 is 0. The first-order valence-corrected chi connectivity index (χ1v) is 0. The molecule has 0 aliphatic rings. The standard InChI is InChI=1S/B.Ca.Mg.Mn.Mo.Zn.4H/q;2*+2;;;;4*-1. The molecule has 6 heavy (non-hydrogen) atoms. The second-order valence-electron chi connectivity index (χ2n) is 0. The van der Waals surface area contributed by atoms with Gasteiger partial charge in [-0.1, -0.05) is 0 Å². The molecule has 0 heterocycles. The van der Waals surface area contributed by atoms with Gasteiger partial charge in [0, 0.05) is 66.0 Å². The van der Waals surface area contributed by atoms with Crippen LogP contribution in [-0.4, -0.2) is 69.2 Å². The van der Waals surface area contributed by atoms with E-state index in [1.807, 2.05) is 0 Å². The average molecular weight is 295 g/mol. The molecule has 0 bridgehead atoms. The predicted molar refractivity (Wildman–Crippen MR) is 21.7 cm³/mol. The Hall–Kier alpha value is 3.92. The van der Waals surface area contributed by atoms with Crippen LogP contribution >= 0.6 is 0 Å². The van der Waals surface area contributed by atoms with Crippen molar-refractivity contribution in [1.82, 2.24) is 0 Å². The van der Waals surface area contributed by atoms with E-state index in [4.69, 9.17) is 0 Å². The van der Waals surface area contributed by atoms with Crippen LogP contribution in [0.1, 0.15) is 5.71 Å². The first-order chi connectivity index (χ1) is 0. The van der Waals surface area contributed by atoms with E-state index in [1.54, 1.807) is 0 Å². The van der Waals surface area contributed by atoms with E-state index in [9.17, 15) is 0 Å². The van der Waals surface area contributed by atoms with Crippen LogP contribution in [0.15, 0.2) is 0 Å². The molecular weight excluding hydrogens is 291 g/mol. The number of hydrogen-bond donors (Lipinski definition) is 0. The van der Waals surface area contributed by atoms with Gasteiger partial charge in [-0.25, -0.2) is 0 Å². The smallest absolute Gasteiger partial charge is 1.00 e. The van der Waals surface area contributed by atoms with Crippen molar-refractivity contribution in [2.45, 2.75) is 0 Å². The maximum Gasteiger partial charge on any atom is 2.00 e. The molecule has 0 unspecified atom stereocenters. The normalized spacial score (nSPS) is 0. The van der Waals surface area contributed by atoms with E-state index in [1.165, 1.54) is 0 Å². The molecule has 6 heteroatoms. The van der Waals surface area contributed by atoms with Crippen LogP contribution in [0.25, 0.3) is 0 Å². The van der Waals surface area contributed by atoms with Gasteiger partial charge in [0.15, 0.2) is 0 Å². The van der Waals surface area contributed by atoms with Crippen LogP contribution in [0.3, 0.4) is 0 Å². The van der Waals surface area contributed by atoms with Gasteiger partial charge in [-0.05, 0) is 0 Å². The molecule has 0 aromatic heterocycles. The molecule has 0 N–H and O–H groups in total. The van der Waals surface area contributed by atoms with Gasteiger partial charge in [0.25, 0.3) is 0 Å². The van der Waals surface area contributed by atoms with Crippen LogP contribution in [0, 0.1) is 0 Å². The van der Waals surface area contributed by atoms with E-state index in [-0.39, 0.29) is 133 Å². The molecule has 4 radical (unpaired) electrons. The van der Waals surface area contributed by atoms with Crippen molar-refractivity contribution in [2.24, 2.45) is 0 Å². The van der Waals surface area contributed by atoms with Crippen molar-refractivity contribution in [3.63, 3.8) is 0 Å². The van der Waals surface area contributed by atoms with Gasteiger partial charge in [-0.3, -0.25) is 0 Å². The minimum Gasteiger partial charge on any atom is -1.00 e. The summed E-state index contributed by atoms with van der Waals surface area (Å²) in [6, 6.07) is 0. The summed E-state index contributed by atoms with van der Waals surface area (Å²) in [5.41, 5.74) is 0. The van der Waals surface area contributed by atoms with Crippen LogP contribution in [-0.2, 0) is 57.6 Å². The summed E-state index contributed by atoms with van der Waals surface area (Å²) in [5, 5.41) is 0. The molecule has 0 aromatic carbocycles. The summed E-state index contributed by atoms with van der Waals surface area (Å²) in [4.78, 5) is 0. The second-order valence-corrected chi connectivity index (χ2v) is 0. The Balaban J connectivity index is 0. The zero-order chi connectivity index (χ0) is 0. The van der Waals surface area contributed by atoms with E-state index < -0.39 is 0 Å². The van der Waals surface area contributed by atoms with Gasteiger partial charge in [0.1, 0.15) is 0 Å². The fourth-order valence-corrected chi connectivity index (χ4v) is 0. The summed E-state index contributed by atoms with van der Waals surface area (Å²) >= 11 is 0. The summed E-state index contributed by atoms with van der Waals surface area (Å²) in [6.45, 7) is 0. The molecular formula is H4BCaMgMnMoZn. The molecule has 0 atom stereocenters. The Bertz CT molecular complexity index is 25.2. The van der Waals surface area contributed by atoms with Crippen molar-refractivity contribution in [1.29, 1.82) is 0 Å². The maximum atomic E-state index is 0. The van der Waals surface area contributed by atoms with Crippen LogP contribution in [0.2, 0.25) is 0 Å². The minimum absolute atomic E-state index is 0. The first kappa shape index (κ1) is 51.3. The van der Waals surface area contributed by atoms with Crippen LogP contribution in [0.5, 0.6) is 0 Å². The van der Waals surface area contributed by atoms with E-state index in [0.717, 1.165) is 0 Å². The zero-order valence-corrected chi connectivity index (χ0v) is 13.3. The third kappa shape index (κ3) is 24.7. The maximum absolute atomic E-state index is 0. The molecule has 26 valence electrons. The zero-order valence-electron chi connectivity index (χ0n) is 7.48. The summed E-state index contributed by atoms with van der Waals surface area (Å²) in [5.74, 6) is 0.